The quantitative estimate of drug-likeness (QED) is 0.736. The largest absolute Gasteiger partial charge is 0.375 e. The molecule has 0 heterocycles. The molecule has 0 saturated carbocycles. The van der Waals surface area contributed by atoms with Gasteiger partial charge in [0.05, 0.1) is 13.2 Å². The van der Waals surface area contributed by atoms with Gasteiger partial charge in [-0.05, 0) is 17.7 Å². The molecule has 0 saturated heterocycles. The first kappa shape index (κ1) is 12.0. The van der Waals surface area contributed by atoms with Crippen LogP contribution in [0.5, 0.6) is 0 Å². The van der Waals surface area contributed by atoms with Crippen molar-refractivity contribution in [2.45, 2.75) is 6.61 Å². The maximum Gasteiger partial charge on any atom is 0.248 e. The highest BCUT2D eigenvalue weighted by Crippen LogP contribution is 2.18. The molecule has 4 N–H and O–H groups in total. The van der Waals surface area contributed by atoms with Crippen molar-refractivity contribution in [1.82, 2.24) is 0 Å². The Morgan fingerprint density at radius 1 is 1.47 bits per heavy atom. The van der Waals surface area contributed by atoms with Gasteiger partial charge in [-0.2, -0.15) is 0 Å². The lowest BCUT2D eigenvalue weighted by atomic mass is 10.1. The number of carbonyl (C=O) groups is 1. The summed E-state index contributed by atoms with van der Waals surface area (Å²) < 4.78 is 5.22. The van der Waals surface area contributed by atoms with Gasteiger partial charge >= 0.3 is 0 Å². The average molecular weight is 229 g/mol. The van der Waals surface area contributed by atoms with Crippen LogP contribution in [0.25, 0.3) is 0 Å². The second-order valence-electron chi connectivity index (χ2n) is 3.01. The number of primary amides is 1. The van der Waals surface area contributed by atoms with Gasteiger partial charge in [-0.1, -0.05) is 17.7 Å². The Bertz CT molecular complexity index is 355. The van der Waals surface area contributed by atoms with Gasteiger partial charge in [0.2, 0.25) is 5.91 Å². The number of amides is 1. The van der Waals surface area contributed by atoms with Gasteiger partial charge in [0.25, 0.3) is 0 Å². The van der Waals surface area contributed by atoms with E-state index in [2.05, 4.69) is 0 Å². The van der Waals surface area contributed by atoms with Crippen LogP contribution in [0.15, 0.2) is 18.2 Å². The third kappa shape index (κ3) is 3.51. The highest BCUT2D eigenvalue weighted by atomic mass is 35.5. The minimum atomic E-state index is -0.494. The molecule has 4 nitrogen and oxygen atoms in total. The first-order valence-corrected chi connectivity index (χ1v) is 4.89. The van der Waals surface area contributed by atoms with Crippen LogP contribution in [0, 0.1) is 0 Å². The van der Waals surface area contributed by atoms with Crippen molar-refractivity contribution in [3.8, 4) is 0 Å². The zero-order valence-corrected chi connectivity index (χ0v) is 8.96. The van der Waals surface area contributed by atoms with E-state index < -0.39 is 5.91 Å². The molecule has 0 aromatic heterocycles. The van der Waals surface area contributed by atoms with E-state index in [9.17, 15) is 4.79 Å². The minimum Gasteiger partial charge on any atom is -0.375 e. The molecule has 0 unspecified atom stereocenters. The molecule has 1 rings (SSSR count). The van der Waals surface area contributed by atoms with Crippen LogP contribution < -0.4 is 11.5 Å². The number of carbonyl (C=O) groups excluding carboxylic acids is 1. The topological polar surface area (TPSA) is 78.3 Å². The second kappa shape index (κ2) is 5.70. The average Bonchev–Trinajstić information content (AvgIpc) is 2.20. The normalized spacial score (nSPS) is 10.3. The van der Waals surface area contributed by atoms with Crippen molar-refractivity contribution in [2.24, 2.45) is 11.5 Å². The van der Waals surface area contributed by atoms with Crippen LogP contribution in [-0.4, -0.2) is 19.1 Å². The molecule has 0 aliphatic heterocycles. The third-order valence-electron chi connectivity index (χ3n) is 1.86. The summed E-state index contributed by atoms with van der Waals surface area (Å²) in [7, 11) is 0. The van der Waals surface area contributed by atoms with E-state index in [1.807, 2.05) is 0 Å². The fraction of sp³-hybridized carbons (Fsp3) is 0.300. The first-order chi connectivity index (χ1) is 7.15. The fourth-order valence-corrected chi connectivity index (χ4v) is 1.32. The summed E-state index contributed by atoms with van der Waals surface area (Å²) in [5, 5.41) is 0.475. The Morgan fingerprint density at radius 3 is 2.73 bits per heavy atom. The molecule has 0 aliphatic carbocycles. The molecule has 0 spiro atoms. The fourth-order valence-electron chi connectivity index (χ4n) is 1.08. The van der Waals surface area contributed by atoms with E-state index in [4.69, 9.17) is 27.8 Å². The summed E-state index contributed by atoms with van der Waals surface area (Å²) in [6, 6.07) is 4.87. The molecule has 0 atom stereocenters. The monoisotopic (exact) mass is 228 g/mol. The number of halogens is 1. The molecule has 0 aliphatic rings. The van der Waals surface area contributed by atoms with E-state index in [1.54, 1.807) is 12.1 Å². The number of benzene rings is 1. The van der Waals surface area contributed by atoms with Gasteiger partial charge in [0.1, 0.15) is 0 Å². The molecular weight excluding hydrogens is 216 g/mol. The maximum absolute atomic E-state index is 10.8. The Labute approximate surface area is 93.1 Å². The molecule has 5 heteroatoms. The Hall–Kier alpha value is -1.10. The molecule has 0 radical (unpaired) electrons. The Morgan fingerprint density at radius 2 is 2.20 bits per heavy atom. The molecule has 1 amide bonds. The highest BCUT2D eigenvalue weighted by Gasteiger charge is 2.05. The van der Waals surface area contributed by atoms with Gasteiger partial charge in [-0.15, -0.1) is 0 Å². The van der Waals surface area contributed by atoms with E-state index in [0.29, 0.717) is 30.3 Å². The van der Waals surface area contributed by atoms with Crippen molar-refractivity contribution in [3.63, 3.8) is 0 Å². The van der Waals surface area contributed by atoms with E-state index in [-0.39, 0.29) is 0 Å². The first-order valence-electron chi connectivity index (χ1n) is 4.51. The highest BCUT2D eigenvalue weighted by molar-refractivity contribution is 6.31. The van der Waals surface area contributed by atoms with E-state index in [1.165, 1.54) is 6.07 Å². The van der Waals surface area contributed by atoms with Crippen LogP contribution in [0.2, 0.25) is 5.02 Å². The predicted octanol–water partition coefficient (Wildman–Crippen LogP) is 0.914. The van der Waals surface area contributed by atoms with Crippen LogP contribution >= 0.6 is 11.6 Å². The number of hydrogen-bond donors (Lipinski definition) is 2. The van der Waals surface area contributed by atoms with E-state index in [0.717, 1.165) is 5.56 Å². The summed E-state index contributed by atoms with van der Waals surface area (Å²) in [5.74, 6) is -0.494. The molecular formula is C10H13ClN2O2. The zero-order valence-electron chi connectivity index (χ0n) is 8.20. The lowest BCUT2D eigenvalue weighted by Gasteiger charge is -2.06. The number of rotatable bonds is 5. The Kier molecular flexibility index (Phi) is 4.55. The minimum absolute atomic E-state index is 0.384. The summed E-state index contributed by atoms with van der Waals surface area (Å²) >= 11 is 5.93. The Balaban J connectivity index is 2.70. The number of ether oxygens (including phenoxy) is 1. The lowest BCUT2D eigenvalue weighted by molar-refractivity contribution is 0.1000. The maximum atomic E-state index is 10.8. The summed E-state index contributed by atoms with van der Waals surface area (Å²) in [4.78, 5) is 10.8. The van der Waals surface area contributed by atoms with Gasteiger partial charge in [-0.3, -0.25) is 4.79 Å². The lowest BCUT2D eigenvalue weighted by Crippen LogP contribution is -2.11. The van der Waals surface area contributed by atoms with Gasteiger partial charge < -0.3 is 16.2 Å². The SMILES string of the molecule is NCCOCc1ccc(C(N)=O)cc1Cl. The summed E-state index contributed by atoms with van der Waals surface area (Å²) in [6.07, 6.45) is 0. The standard InChI is InChI=1S/C10H13ClN2O2/c11-9-5-7(10(13)14)1-2-8(9)6-15-4-3-12/h1-2,5H,3-4,6,12H2,(H2,13,14). The molecule has 0 fully saturated rings. The third-order valence-corrected chi connectivity index (χ3v) is 2.21. The van der Waals surface area contributed by atoms with Gasteiger partial charge in [-0.25, -0.2) is 0 Å². The zero-order chi connectivity index (χ0) is 11.3. The second-order valence-corrected chi connectivity index (χ2v) is 3.42. The smallest absolute Gasteiger partial charge is 0.248 e. The van der Waals surface area contributed by atoms with Crippen LogP contribution in [-0.2, 0) is 11.3 Å². The summed E-state index contributed by atoms with van der Waals surface area (Å²) in [6.45, 7) is 1.33. The van der Waals surface area contributed by atoms with Crippen molar-refractivity contribution in [1.29, 1.82) is 0 Å². The van der Waals surface area contributed by atoms with Gasteiger partial charge in [0, 0.05) is 17.1 Å². The molecule has 82 valence electrons. The van der Waals surface area contributed by atoms with Crippen molar-refractivity contribution in [2.75, 3.05) is 13.2 Å². The van der Waals surface area contributed by atoms with E-state index >= 15 is 0 Å². The molecule has 1 aromatic carbocycles. The van der Waals surface area contributed by atoms with Crippen molar-refractivity contribution < 1.29 is 9.53 Å². The summed E-state index contributed by atoms with van der Waals surface area (Å²) in [5.41, 5.74) is 11.6. The van der Waals surface area contributed by atoms with Crippen LogP contribution in [0.1, 0.15) is 15.9 Å². The van der Waals surface area contributed by atoms with Crippen LogP contribution in [0.4, 0.5) is 0 Å². The van der Waals surface area contributed by atoms with Crippen LogP contribution in [0.3, 0.4) is 0 Å². The molecule has 0 bridgehead atoms. The number of hydrogen-bond acceptors (Lipinski definition) is 3. The van der Waals surface area contributed by atoms with Crippen molar-refractivity contribution >= 4 is 17.5 Å². The van der Waals surface area contributed by atoms with Gasteiger partial charge in [0.15, 0.2) is 0 Å². The van der Waals surface area contributed by atoms with Crippen molar-refractivity contribution in [3.05, 3.63) is 34.3 Å². The molecule has 15 heavy (non-hydrogen) atoms. The number of nitrogens with two attached hydrogens (primary N) is 2. The molecule has 1 aromatic rings. The predicted molar refractivity (Wildman–Crippen MR) is 58.7 cm³/mol.